The second kappa shape index (κ2) is 40.4. The van der Waals surface area contributed by atoms with Crippen molar-refractivity contribution in [2.24, 2.45) is 0 Å². The average molecular weight is 2020 g/mol. The van der Waals surface area contributed by atoms with Gasteiger partial charge in [-0.25, -0.2) is 34.9 Å². The zero-order valence-corrected chi connectivity index (χ0v) is 82.5. The summed E-state index contributed by atoms with van der Waals surface area (Å²) in [5.41, 5.74) is 15.3. The van der Waals surface area contributed by atoms with Crippen molar-refractivity contribution in [3.8, 4) is 124 Å². The van der Waals surface area contributed by atoms with E-state index in [1.165, 1.54) is 93.2 Å². The van der Waals surface area contributed by atoms with E-state index in [0.717, 1.165) is 81.2 Å². The maximum absolute atomic E-state index is 9.08. The number of nitrogens with zero attached hydrogens (tertiary/aromatic N) is 9. The molecule has 1 saturated heterocycles. The minimum Gasteiger partial charge on any atom is -0.423 e. The molecule has 0 aliphatic carbocycles. The van der Waals surface area contributed by atoms with E-state index >= 15 is 0 Å². The predicted octanol–water partition coefficient (Wildman–Crippen LogP) is 30.9. The minimum atomic E-state index is -1.41. The molecular weight excluding hydrogens is 1930 g/mol. The van der Waals surface area contributed by atoms with Crippen LogP contribution in [0.2, 0.25) is 5.28 Å². The summed E-state index contributed by atoms with van der Waals surface area (Å²) >= 11 is 19.1. The number of thiophene rings is 3. The lowest BCUT2D eigenvalue weighted by Gasteiger charge is -2.32. The number of halogens is 3. The first-order chi connectivity index (χ1) is 68.4. The van der Waals surface area contributed by atoms with Crippen LogP contribution < -0.4 is 10.9 Å². The highest BCUT2D eigenvalue weighted by molar-refractivity contribution is 9.11. The van der Waals surface area contributed by atoms with Crippen molar-refractivity contribution in [1.29, 1.82) is 0 Å². The van der Waals surface area contributed by atoms with E-state index in [1.54, 1.807) is 23.5 Å². The van der Waals surface area contributed by atoms with Gasteiger partial charge in [0.05, 0.1) is 11.2 Å². The summed E-state index contributed by atoms with van der Waals surface area (Å²) in [6.07, 6.45) is 0. The molecule has 1 aliphatic rings. The smallest absolute Gasteiger partial charge is 0.423 e. The third-order valence-corrected chi connectivity index (χ3v) is 30.4. The number of benzene rings is 18. The van der Waals surface area contributed by atoms with E-state index in [-0.39, 0.29) is 23.6 Å². The van der Waals surface area contributed by atoms with Crippen molar-refractivity contribution in [3.63, 3.8) is 0 Å². The largest absolute Gasteiger partial charge is 0.496 e. The highest BCUT2D eigenvalue weighted by Gasteiger charge is 2.52. The van der Waals surface area contributed by atoms with Gasteiger partial charge in [-0.15, -0.1) is 34.0 Å². The fraction of sp³-hybridized carbons (Fsp3) is 0.0504. The first-order valence-corrected chi connectivity index (χ1v) is 50.2. The van der Waals surface area contributed by atoms with E-state index in [1.807, 2.05) is 205 Å². The summed E-state index contributed by atoms with van der Waals surface area (Å²) in [6, 6.07) is 144. The fourth-order valence-electron chi connectivity index (χ4n) is 17.2. The monoisotopic (exact) mass is 2010 g/mol. The van der Waals surface area contributed by atoms with Crippen molar-refractivity contribution >= 4 is 185 Å². The van der Waals surface area contributed by atoms with E-state index in [9.17, 15) is 0 Å². The fourth-order valence-corrected chi connectivity index (χ4v) is 22.5. The summed E-state index contributed by atoms with van der Waals surface area (Å²) in [6.45, 7) is 8.33. The summed E-state index contributed by atoms with van der Waals surface area (Å²) in [4.78, 5) is 42.6. The molecule has 7 heterocycles. The molecule has 6 aromatic heterocycles. The molecule has 25 rings (SSSR count). The van der Waals surface area contributed by atoms with Crippen LogP contribution in [0.25, 0.3) is 207 Å². The Morgan fingerprint density at radius 1 is 0.264 bits per heavy atom. The molecule has 18 aromatic carbocycles. The Hall–Kier alpha value is -14.6. The molecule has 0 atom stereocenters. The zero-order chi connectivity index (χ0) is 95.4. The van der Waals surface area contributed by atoms with E-state index in [0.29, 0.717) is 52.1 Å². The van der Waals surface area contributed by atoms with E-state index < -0.39 is 7.12 Å². The average Bonchev–Trinajstić information content (AvgIpc) is 1.60. The normalized spacial score (nSPS) is 12.5. The van der Waals surface area contributed by atoms with Crippen LogP contribution in [-0.4, -0.2) is 80.3 Å². The summed E-state index contributed by atoms with van der Waals surface area (Å²) < 4.78 is 22.1. The number of hydrogen-bond donors (Lipinski definition) is 2. The SMILES string of the molecule is Brc1c(-c2nc(-c3ccccc3)nc(-c3ccccc3)n2)ccc2sc3ccccc3c12.CC1(C)OB(c2ccc3sc4ccccc4c3c2Br)OC1(C)C.Clc1nc(-c2ccccc2)nc(-c2ccccc2)n1.OB(O)c1ccc(-c2ccc3ccccc3c2)cc1.c1ccc(-c2nc(-c3ccccc3)nc(-c3ccc4sc5ccccc5c4c3-c3ccc(-c4ccc5ccccc5c4)cc3)n2)cc1. The van der Waals surface area contributed by atoms with Crippen molar-refractivity contribution in [2.45, 2.75) is 38.9 Å². The van der Waals surface area contributed by atoms with Gasteiger partial charge in [0.25, 0.3) is 0 Å². The van der Waals surface area contributed by atoms with Gasteiger partial charge in [-0.2, -0.15) is 9.97 Å². The molecule has 140 heavy (non-hydrogen) atoms. The third kappa shape index (κ3) is 19.4. The molecule has 0 bridgehead atoms. The summed E-state index contributed by atoms with van der Waals surface area (Å²) in [5.74, 6) is 5.11. The molecule has 0 unspecified atom stereocenters. The van der Waals surface area contributed by atoms with Gasteiger partial charge in [0.15, 0.2) is 46.6 Å². The Morgan fingerprint density at radius 3 is 0.950 bits per heavy atom. The van der Waals surface area contributed by atoms with Gasteiger partial charge >= 0.3 is 14.2 Å². The summed E-state index contributed by atoms with van der Waals surface area (Å²) in [7, 11) is -1.76. The van der Waals surface area contributed by atoms with Crippen LogP contribution in [0.4, 0.5) is 0 Å². The number of fused-ring (bicyclic) bond motifs is 11. The van der Waals surface area contributed by atoms with Crippen molar-refractivity contribution in [3.05, 3.63) is 439 Å². The molecule has 0 amide bonds. The number of rotatable bonds is 13. The van der Waals surface area contributed by atoms with Crippen LogP contribution >= 0.6 is 77.5 Å². The van der Waals surface area contributed by atoms with Crippen LogP contribution in [0.1, 0.15) is 27.7 Å². The van der Waals surface area contributed by atoms with Gasteiger partial charge < -0.3 is 19.4 Å². The van der Waals surface area contributed by atoms with Crippen LogP contribution in [-0.2, 0) is 9.31 Å². The first kappa shape index (κ1) is 91.8. The molecule has 24 aromatic rings. The minimum absolute atomic E-state index is 0.202. The highest BCUT2D eigenvalue weighted by atomic mass is 79.9. The Bertz CT molecular complexity index is 8470. The molecule has 21 heteroatoms. The van der Waals surface area contributed by atoms with Crippen LogP contribution in [0, 0.1) is 0 Å². The van der Waals surface area contributed by atoms with Crippen LogP contribution in [0.15, 0.2) is 434 Å². The molecular formula is C119H84B2Br2ClN9O4S3. The number of hydrogen-bond acceptors (Lipinski definition) is 16. The highest BCUT2D eigenvalue weighted by Crippen LogP contribution is 2.48. The Balaban J connectivity index is 0.000000109. The van der Waals surface area contributed by atoms with Gasteiger partial charge in [0.1, 0.15) is 0 Å². The molecule has 0 spiro atoms. The maximum Gasteiger partial charge on any atom is 0.496 e. The maximum atomic E-state index is 9.08. The lowest BCUT2D eigenvalue weighted by molar-refractivity contribution is 0.00578. The molecule has 13 nitrogen and oxygen atoms in total. The molecule has 2 N–H and O–H groups in total. The standard InChI is InChI=1S/C43H27N3S.C27H16BrN3S.C18H18BBrO2S.C16H13BO2.C15H10ClN3/c1-3-12-31(13-4-1)41-44-42(32-14-5-2-6-15-32)46-43(45-41)36-25-26-38-40(35-17-9-10-18-37(35)47-38)39(36)30-22-19-29(20-23-30)34-24-21-28-11-7-8-16-33(28)27-34;28-24-20(15-16-22-23(24)19-13-7-8-14-21(19)32-22)27-30-25(17-9-3-1-4-10-17)29-26(31-27)18-11-5-2-6-12-18;1-17(2)18(3,4)22-19(21-17)12-9-10-14-15(16(12)20)11-7-5-6-8-13(11)23-14;18-17(19)16-9-7-13(8-10-16)15-6-5-12-3-1-2-4-14(12)11-15;16-15-18-13(11-7-3-1-4-8-11)17-14(19-15)12-9-5-2-6-10-12/h1-27H;1-16H;5-10H,1-4H3;1-11,18-19H;1-10H. The predicted molar refractivity (Wildman–Crippen MR) is 592 cm³/mol. The topological polar surface area (TPSA) is 175 Å². The number of aromatic nitrogens is 9. The van der Waals surface area contributed by atoms with Gasteiger partial charge in [-0.3, -0.25) is 0 Å². The first-order valence-electron chi connectivity index (χ1n) is 45.7. The van der Waals surface area contributed by atoms with E-state index in [4.69, 9.17) is 60.9 Å². The second-order valence-corrected chi connectivity index (χ2v) is 39.8. The van der Waals surface area contributed by atoms with Crippen LogP contribution in [0.3, 0.4) is 0 Å². The van der Waals surface area contributed by atoms with E-state index in [2.05, 4.69) is 305 Å². The van der Waals surface area contributed by atoms with Crippen molar-refractivity contribution in [1.82, 2.24) is 44.9 Å². The van der Waals surface area contributed by atoms with Gasteiger partial charge in [-0.1, -0.05) is 380 Å². The van der Waals surface area contributed by atoms with Crippen LogP contribution in [0.5, 0.6) is 0 Å². The molecule has 1 fully saturated rings. The lowest BCUT2D eigenvalue weighted by Crippen LogP contribution is -2.41. The third-order valence-electron chi connectivity index (χ3n) is 25.1. The Labute approximate surface area is 843 Å². The Kier molecular flexibility index (Phi) is 26.5. The van der Waals surface area contributed by atoms with Crippen molar-refractivity contribution in [2.75, 3.05) is 0 Å². The molecule has 1 aliphatic heterocycles. The zero-order valence-electron chi connectivity index (χ0n) is 76.2. The lowest BCUT2D eigenvalue weighted by atomic mass is 9.78. The molecule has 0 saturated carbocycles. The quantitative estimate of drug-likeness (QED) is 0.104. The van der Waals surface area contributed by atoms with Crippen molar-refractivity contribution < 1.29 is 19.4 Å². The second-order valence-electron chi connectivity index (χ2n) is 34.6. The summed E-state index contributed by atoms with van der Waals surface area (Å²) in [5, 5.41) is 30.7. The molecule has 674 valence electrons. The Morgan fingerprint density at radius 2 is 0.557 bits per heavy atom. The van der Waals surface area contributed by atoms with Gasteiger partial charge in [0, 0.05) is 120 Å². The van der Waals surface area contributed by atoms with Gasteiger partial charge in [-0.05, 0) is 176 Å². The van der Waals surface area contributed by atoms with Gasteiger partial charge in [0.2, 0.25) is 5.28 Å². The molecule has 0 radical (unpaired) electrons.